The molecule has 0 bridgehead atoms. The van der Waals surface area contributed by atoms with Gasteiger partial charge in [0, 0.05) is 13.1 Å². The van der Waals surface area contributed by atoms with Gasteiger partial charge in [-0.25, -0.2) is 9.98 Å². The van der Waals surface area contributed by atoms with Gasteiger partial charge in [0.1, 0.15) is 12.4 Å². The van der Waals surface area contributed by atoms with Crippen molar-refractivity contribution < 1.29 is 13.9 Å². The first-order valence-corrected chi connectivity index (χ1v) is 9.17. The van der Waals surface area contributed by atoms with Crippen molar-refractivity contribution in [3.63, 3.8) is 0 Å². The number of benzene rings is 1. The lowest BCUT2D eigenvalue weighted by Crippen LogP contribution is -2.38. The Morgan fingerprint density at radius 1 is 1.21 bits per heavy atom. The van der Waals surface area contributed by atoms with Gasteiger partial charge in [-0.2, -0.15) is 0 Å². The number of fused-ring (bicyclic) bond motifs is 1. The Morgan fingerprint density at radius 2 is 2.10 bits per heavy atom. The maximum Gasteiger partial charge on any atom is 0.231 e. The molecule has 3 heterocycles. The molecule has 0 spiro atoms. The third kappa shape index (κ3) is 5.40. The first-order chi connectivity index (χ1) is 13.8. The SMILES string of the molecule is CCNC(=NCc1nc(-c2ccco2)n[nH]1)NCCc1ccc2c(c1)OCO2.I. The van der Waals surface area contributed by atoms with Gasteiger partial charge in [0.15, 0.2) is 23.2 Å². The fourth-order valence-corrected chi connectivity index (χ4v) is 2.80. The molecular weight excluding hydrogens is 487 g/mol. The standard InChI is InChI=1S/C19H22N6O3.HI/c1-2-20-19(21-8-7-13-5-6-14-16(10-13)28-12-27-14)22-11-17-23-18(25-24-17)15-4-3-9-26-15;/h3-6,9-10H,2,7-8,11-12H2,1H3,(H2,20,21,22)(H,23,24,25);1H. The number of aromatic amines is 1. The van der Waals surface area contributed by atoms with E-state index in [-0.39, 0.29) is 30.8 Å². The number of hydrogen-bond acceptors (Lipinski definition) is 6. The predicted molar refractivity (Wildman–Crippen MR) is 119 cm³/mol. The number of rotatable bonds is 7. The second-order valence-electron chi connectivity index (χ2n) is 6.14. The molecule has 154 valence electrons. The molecule has 0 amide bonds. The van der Waals surface area contributed by atoms with Crippen LogP contribution in [0.15, 0.2) is 46.0 Å². The average molecular weight is 510 g/mol. The number of H-pyrrole nitrogens is 1. The van der Waals surface area contributed by atoms with Gasteiger partial charge in [-0.3, -0.25) is 5.10 Å². The quantitative estimate of drug-likeness (QED) is 0.255. The number of aromatic nitrogens is 3. The molecule has 0 saturated heterocycles. The summed E-state index contributed by atoms with van der Waals surface area (Å²) in [6, 6.07) is 9.62. The fraction of sp³-hybridized carbons (Fsp3) is 0.316. The number of aliphatic imine (C=N–C) groups is 1. The minimum Gasteiger partial charge on any atom is -0.461 e. The lowest BCUT2D eigenvalue weighted by molar-refractivity contribution is 0.174. The van der Waals surface area contributed by atoms with Gasteiger partial charge in [-0.1, -0.05) is 6.07 Å². The van der Waals surface area contributed by atoms with Gasteiger partial charge in [-0.15, -0.1) is 29.1 Å². The Balaban J connectivity index is 0.00000240. The van der Waals surface area contributed by atoms with Crippen molar-refractivity contribution in [1.82, 2.24) is 25.8 Å². The van der Waals surface area contributed by atoms with Crippen molar-refractivity contribution in [1.29, 1.82) is 0 Å². The summed E-state index contributed by atoms with van der Waals surface area (Å²) in [5, 5.41) is 13.6. The largest absolute Gasteiger partial charge is 0.461 e. The summed E-state index contributed by atoms with van der Waals surface area (Å²) in [5.41, 5.74) is 1.17. The van der Waals surface area contributed by atoms with Crippen LogP contribution in [0.3, 0.4) is 0 Å². The second-order valence-corrected chi connectivity index (χ2v) is 6.14. The van der Waals surface area contributed by atoms with Crippen LogP contribution in [0.25, 0.3) is 11.6 Å². The number of furan rings is 1. The monoisotopic (exact) mass is 510 g/mol. The van der Waals surface area contributed by atoms with Crippen LogP contribution >= 0.6 is 24.0 Å². The zero-order chi connectivity index (χ0) is 19.2. The van der Waals surface area contributed by atoms with Crippen molar-refractivity contribution in [3.8, 4) is 23.1 Å². The zero-order valence-electron chi connectivity index (χ0n) is 16.0. The van der Waals surface area contributed by atoms with Gasteiger partial charge in [0.25, 0.3) is 0 Å². The lowest BCUT2D eigenvalue weighted by Gasteiger charge is -2.11. The molecule has 9 nitrogen and oxygen atoms in total. The smallest absolute Gasteiger partial charge is 0.231 e. The molecule has 3 aromatic rings. The van der Waals surface area contributed by atoms with Gasteiger partial charge in [0.05, 0.1) is 6.26 Å². The van der Waals surface area contributed by atoms with Gasteiger partial charge >= 0.3 is 0 Å². The number of halogens is 1. The summed E-state index contributed by atoms with van der Waals surface area (Å²) < 4.78 is 16.1. The summed E-state index contributed by atoms with van der Waals surface area (Å²) in [6.45, 7) is 4.20. The Morgan fingerprint density at radius 3 is 2.93 bits per heavy atom. The van der Waals surface area contributed by atoms with Gasteiger partial charge < -0.3 is 24.5 Å². The molecule has 0 radical (unpaired) electrons. The van der Waals surface area contributed by atoms with Crippen molar-refractivity contribution in [2.45, 2.75) is 19.9 Å². The van der Waals surface area contributed by atoms with E-state index in [2.05, 4.69) is 30.8 Å². The van der Waals surface area contributed by atoms with Crippen LogP contribution in [0.5, 0.6) is 11.5 Å². The maximum absolute atomic E-state index is 5.42. The molecule has 0 unspecified atom stereocenters. The summed E-state index contributed by atoms with van der Waals surface area (Å²) in [7, 11) is 0. The molecule has 0 aliphatic carbocycles. The van der Waals surface area contributed by atoms with E-state index in [4.69, 9.17) is 13.9 Å². The highest BCUT2D eigenvalue weighted by Crippen LogP contribution is 2.32. The Labute approximate surface area is 185 Å². The van der Waals surface area contributed by atoms with Crippen LogP contribution in [-0.4, -0.2) is 41.0 Å². The molecule has 3 N–H and O–H groups in total. The maximum atomic E-state index is 5.42. The van der Waals surface area contributed by atoms with E-state index in [1.165, 1.54) is 5.56 Å². The Bertz CT molecular complexity index is 941. The van der Waals surface area contributed by atoms with E-state index in [0.717, 1.165) is 37.0 Å². The molecule has 1 aromatic carbocycles. The molecule has 0 atom stereocenters. The van der Waals surface area contributed by atoms with Crippen molar-refractivity contribution >= 4 is 29.9 Å². The van der Waals surface area contributed by atoms with Crippen molar-refractivity contribution in [2.75, 3.05) is 19.9 Å². The number of nitrogens with zero attached hydrogens (tertiary/aromatic N) is 3. The Hall–Kier alpha value is -2.76. The van der Waals surface area contributed by atoms with E-state index in [1.807, 2.05) is 31.2 Å². The summed E-state index contributed by atoms with van der Waals surface area (Å²) in [5.74, 6) is 4.14. The van der Waals surface area contributed by atoms with Crippen LogP contribution in [0, 0.1) is 0 Å². The molecule has 1 aliphatic rings. The van der Waals surface area contributed by atoms with E-state index in [9.17, 15) is 0 Å². The van der Waals surface area contributed by atoms with Crippen LogP contribution in [0.1, 0.15) is 18.3 Å². The number of hydrogen-bond donors (Lipinski definition) is 3. The normalized spacial score (nSPS) is 12.5. The van der Waals surface area contributed by atoms with Gasteiger partial charge in [-0.05, 0) is 43.2 Å². The van der Waals surface area contributed by atoms with Crippen molar-refractivity contribution in [2.24, 2.45) is 4.99 Å². The summed E-state index contributed by atoms with van der Waals surface area (Å²) >= 11 is 0. The third-order valence-electron chi connectivity index (χ3n) is 4.15. The number of guanidine groups is 1. The van der Waals surface area contributed by atoms with E-state index >= 15 is 0 Å². The number of ether oxygens (including phenoxy) is 2. The zero-order valence-corrected chi connectivity index (χ0v) is 18.3. The average Bonchev–Trinajstić information content (AvgIpc) is 3.46. The molecule has 0 saturated carbocycles. The highest BCUT2D eigenvalue weighted by molar-refractivity contribution is 14.0. The predicted octanol–water partition coefficient (Wildman–Crippen LogP) is 2.71. The van der Waals surface area contributed by atoms with Crippen LogP contribution in [0.2, 0.25) is 0 Å². The molecular formula is C19H23IN6O3. The highest BCUT2D eigenvalue weighted by Gasteiger charge is 2.13. The minimum absolute atomic E-state index is 0. The molecule has 0 fully saturated rings. The molecule has 2 aromatic heterocycles. The van der Waals surface area contributed by atoms with Crippen LogP contribution < -0.4 is 20.1 Å². The van der Waals surface area contributed by atoms with E-state index in [0.29, 0.717) is 24.0 Å². The molecule has 1 aliphatic heterocycles. The second kappa shape index (κ2) is 10.1. The summed E-state index contributed by atoms with van der Waals surface area (Å²) in [4.78, 5) is 8.95. The topological polar surface area (TPSA) is 110 Å². The number of nitrogens with one attached hydrogen (secondary N) is 3. The highest BCUT2D eigenvalue weighted by atomic mass is 127. The first-order valence-electron chi connectivity index (χ1n) is 9.17. The Kier molecular flexibility index (Phi) is 7.33. The summed E-state index contributed by atoms with van der Waals surface area (Å²) in [6.07, 6.45) is 2.43. The lowest BCUT2D eigenvalue weighted by atomic mass is 10.1. The van der Waals surface area contributed by atoms with E-state index < -0.39 is 0 Å². The van der Waals surface area contributed by atoms with Crippen LogP contribution in [0.4, 0.5) is 0 Å². The fourth-order valence-electron chi connectivity index (χ4n) is 2.80. The molecule has 29 heavy (non-hydrogen) atoms. The van der Waals surface area contributed by atoms with E-state index in [1.54, 1.807) is 12.3 Å². The molecule has 10 heteroatoms. The van der Waals surface area contributed by atoms with Crippen molar-refractivity contribution in [3.05, 3.63) is 48.0 Å². The molecule has 4 rings (SSSR count). The van der Waals surface area contributed by atoms with Crippen LogP contribution in [-0.2, 0) is 13.0 Å². The first kappa shape index (κ1) is 21.0. The third-order valence-corrected chi connectivity index (χ3v) is 4.15. The van der Waals surface area contributed by atoms with Gasteiger partial charge in [0.2, 0.25) is 12.6 Å². The minimum atomic E-state index is 0.